The van der Waals surface area contributed by atoms with Crippen LogP contribution in [0.4, 0.5) is 0 Å². The lowest BCUT2D eigenvalue weighted by atomic mass is 9.82. The zero-order valence-corrected chi connectivity index (χ0v) is 38.2. The van der Waals surface area contributed by atoms with Crippen LogP contribution in [0.25, 0.3) is 33.4 Å². The summed E-state index contributed by atoms with van der Waals surface area (Å²) in [5, 5.41) is 3.01. The van der Waals surface area contributed by atoms with Crippen molar-refractivity contribution in [1.29, 1.82) is 0 Å². The van der Waals surface area contributed by atoms with Gasteiger partial charge < -0.3 is 0 Å². The van der Waals surface area contributed by atoms with Gasteiger partial charge in [0.2, 0.25) is 0 Å². The standard InChI is InChI=1S/C32H30Br2Si.C15H12Br2/c1-31(2)27-15-19(33)7-11-23(27)25-13-9-21(17-29(25)31)35(5,6)22-10-14-26-24-12-8-20(34)16-28(24)32(3,4)30(26)18-22;1-15(2)13-7-9(16)3-5-11(13)12-6-4-10(17)8-14(12)15/h7-18H,1-6H3;3-8H,1-2H3. The molecule has 6 aromatic carbocycles. The first-order valence-electron chi connectivity index (χ1n) is 17.9. The molecule has 3 aliphatic rings. The van der Waals surface area contributed by atoms with Gasteiger partial charge in [0.05, 0.1) is 0 Å². The highest BCUT2D eigenvalue weighted by atomic mass is 79.9. The van der Waals surface area contributed by atoms with E-state index >= 15 is 0 Å². The molecule has 0 saturated carbocycles. The zero-order chi connectivity index (χ0) is 37.1. The van der Waals surface area contributed by atoms with E-state index in [0.29, 0.717) is 0 Å². The third-order valence-electron chi connectivity index (χ3n) is 12.3. The first-order chi connectivity index (χ1) is 24.4. The van der Waals surface area contributed by atoms with Gasteiger partial charge in [-0.15, -0.1) is 0 Å². The molecule has 0 atom stereocenters. The van der Waals surface area contributed by atoms with Crippen molar-refractivity contribution in [2.24, 2.45) is 0 Å². The van der Waals surface area contributed by atoms with Crippen LogP contribution in [-0.2, 0) is 16.2 Å². The molecule has 0 aromatic heterocycles. The molecule has 52 heavy (non-hydrogen) atoms. The summed E-state index contributed by atoms with van der Waals surface area (Å²) in [5.74, 6) is 0. The number of hydrogen-bond donors (Lipinski definition) is 0. The maximum atomic E-state index is 3.69. The average molecular weight is 955 g/mol. The smallest absolute Gasteiger partial charge is 0.0620 e. The van der Waals surface area contributed by atoms with Crippen LogP contribution >= 0.6 is 63.7 Å². The minimum atomic E-state index is -1.91. The fraction of sp³-hybridized carbons (Fsp3) is 0.234. The average Bonchev–Trinajstić information content (AvgIpc) is 3.56. The van der Waals surface area contributed by atoms with Gasteiger partial charge in [0, 0.05) is 34.1 Å². The van der Waals surface area contributed by atoms with Crippen LogP contribution in [0.1, 0.15) is 74.9 Å². The summed E-state index contributed by atoms with van der Waals surface area (Å²) in [7, 11) is -1.91. The molecule has 0 fully saturated rings. The second-order valence-electron chi connectivity index (χ2n) is 16.8. The topological polar surface area (TPSA) is 0 Å². The molecule has 6 aromatic rings. The zero-order valence-electron chi connectivity index (χ0n) is 30.9. The molecule has 0 nitrogen and oxygen atoms in total. The largest absolute Gasteiger partial charge is 0.112 e. The highest BCUT2D eigenvalue weighted by Crippen LogP contribution is 2.52. The summed E-state index contributed by atoms with van der Waals surface area (Å²) in [4.78, 5) is 0. The Labute approximate surface area is 344 Å². The lowest BCUT2D eigenvalue weighted by Gasteiger charge is -2.29. The summed E-state index contributed by atoms with van der Waals surface area (Å²) >= 11 is 14.5. The van der Waals surface area contributed by atoms with Gasteiger partial charge in [0.25, 0.3) is 0 Å². The van der Waals surface area contributed by atoms with E-state index in [9.17, 15) is 0 Å². The monoisotopic (exact) mass is 950 g/mol. The van der Waals surface area contributed by atoms with E-state index in [1.165, 1.54) is 77.1 Å². The Morgan fingerprint density at radius 3 is 0.788 bits per heavy atom. The van der Waals surface area contributed by atoms with Gasteiger partial charge in [-0.3, -0.25) is 0 Å². The lowest BCUT2D eigenvalue weighted by Crippen LogP contribution is -2.53. The first-order valence-corrected chi connectivity index (χ1v) is 24.1. The molecule has 5 heteroatoms. The van der Waals surface area contributed by atoms with E-state index in [2.05, 4.69) is 228 Å². The summed E-state index contributed by atoms with van der Waals surface area (Å²) in [6.45, 7) is 19.1. The first kappa shape index (κ1) is 36.4. The number of hydrogen-bond acceptors (Lipinski definition) is 0. The van der Waals surface area contributed by atoms with Crippen molar-refractivity contribution >= 4 is 82.2 Å². The van der Waals surface area contributed by atoms with E-state index in [0.717, 1.165) is 17.9 Å². The van der Waals surface area contributed by atoms with Crippen molar-refractivity contribution in [3.63, 3.8) is 0 Å². The second kappa shape index (κ2) is 12.5. The molecule has 0 unspecified atom stereocenters. The molecule has 0 amide bonds. The predicted octanol–water partition coefficient (Wildman–Crippen LogP) is 14.2. The normalized spacial score (nSPS) is 16.2. The van der Waals surface area contributed by atoms with E-state index in [1.54, 1.807) is 0 Å². The summed E-state index contributed by atoms with van der Waals surface area (Å²) in [6, 6.07) is 41.2. The number of benzene rings is 6. The van der Waals surface area contributed by atoms with Crippen molar-refractivity contribution in [2.75, 3.05) is 0 Å². The third kappa shape index (κ3) is 5.58. The molecule has 0 aliphatic heterocycles. The Hall–Kier alpha value is -2.54. The fourth-order valence-corrected chi connectivity index (χ4v) is 12.8. The van der Waals surface area contributed by atoms with Crippen molar-refractivity contribution in [3.05, 3.63) is 160 Å². The van der Waals surface area contributed by atoms with Gasteiger partial charge in [-0.25, -0.2) is 0 Å². The number of fused-ring (bicyclic) bond motifs is 9. The Balaban J connectivity index is 0.000000190. The van der Waals surface area contributed by atoms with Gasteiger partial charge in [-0.2, -0.15) is 0 Å². The van der Waals surface area contributed by atoms with Crippen LogP contribution in [-0.4, -0.2) is 8.07 Å². The minimum Gasteiger partial charge on any atom is -0.0620 e. The van der Waals surface area contributed by atoms with Crippen LogP contribution in [0.5, 0.6) is 0 Å². The predicted molar refractivity (Wildman–Crippen MR) is 240 cm³/mol. The molecule has 0 N–H and O–H groups in total. The maximum Gasteiger partial charge on any atom is 0.112 e. The molecule has 0 bridgehead atoms. The van der Waals surface area contributed by atoms with E-state index in [4.69, 9.17) is 0 Å². The van der Waals surface area contributed by atoms with Crippen LogP contribution < -0.4 is 10.4 Å². The molecule has 0 spiro atoms. The minimum absolute atomic E-state index is 0.00386. The molecule has 0 saturated heterocycles. The maximum absolute atomic E-state index is 3.69. The van der Waals surface area contributed by atoms with E-state index in [1.807, 2.05) is 0 Å². The van der Waals surface area contributed by atoms with Gasteiger partial charge in [-0.05, 0) is 115 Å². The van der Waals surface area contributed by atoms with Crippen molar-refractivity contribution in [1.82, 2.24) is 0 Å². The SMILES string of the molecule is CC1(C)c2cc(Br)ccc2-c2ccc(Br)cc21.CC1(C)c2cc(Br)ccc2-c2ccc([Si](C)(C)c3ccc4c(c3)C(C)(C)c3cc(Br)ccc3-4)cc21. The summed E-state index contributed by atoms with van der Waals surface area (Å²) in [6.07, 6.45) is 0. The van der Waals surface area contributed by atoms with Crippen molar-refractivity contribution in [2.45, 2.75) is 70.9 Å². The van der Waals surface area contributed by atoms with Crippen LogP contribution in [0.2, 0.25) is 13.1 Å². The fourth-order valence-electron chi connectivity index (χ4n) is 9.05. The Morgan fingerprint density at radius 2 is 0.538 bits per heavy atom. The Morgan fingerprint density at radius 1 is 0.327 bits per heavy atom. The van der Waals surface area contributed by atoms with Gasteiger partial charge in [0.15, 0.2) is 0 Å². The van der Waals surface area contributed by atoms with Gasteiger partial charge in [-0.1, -0.05) is 189 Å². The molecule has 0 radical (unpaired) electrons. The molecule has 3 aliphatic carbocycles. The van der Waals surface area contributed by atoms with Crippen LogP contribution in [0, 0.1) is 0 Å². The van der Waals surface area contributed by atoms with Crippen molar-refractivity contribution in [3.8, 4) is 33.4 Å². The molecular formula is C47H42Br4Si. The highest BCUT2D eigenvalue weighted by molar-refractivity contribution is 9.11. The molecule has 9 rings (SSSR count). The van der Waals surface area contributed by atoms with Gasteiger partial charge in [0.1, 0.15) is 8.07 Å². The van der Waals surface area contributed by atoms with Crippen LogP contribution in [0.15, 0.2) is 127 Å². The quantitative estimate of drug-likeness (QED) is 0.152. The summed E-state index contributed by atoms with van der Waals surface area (Å²) < 4.78 is 4.61. The number of halogens is 4. The highest BCUT2D eigenvalue weighted by Gasteiger charge is 2.40. The van der Waals surface area contributed by atoms with Gasteiger partial charge >= 0.3 is 0 Å². The lowest BCUT2D eigenvalue weighted by molar-refractivity contribution is 0.659. The van der Waals surface area contributed by atoms with E-state index in [-0.39, 0.29) is 16.2 Å². The van der Waals surface area contributed by atoms with Crippen LogP contribution in [0.3, 0.4) is 0 Å². The third-order valence-corrected chi connectivity index (χ3v) is 17.8. The Kier molecular flexibility index (Phi) is 8.75. The summed E-state index contributed by atoms with van der Waals surface area (Å²) in [5.41, 5.74) is 16.9. The second-order valence-corrected chi connectivity index (χ2v) is 24.8. The van der Waals surface area contributed by atoms with Crippen molar-refractivity contribution < 1.29 is 0 Å². The molecular weight excluding hydrogens is 912 g/mol. The molecule has 262 valence electrons. The number of rotatable bonds is 2. The Bertz CT molecular complexity index is 2300. The van der Waals surface area contributed by atoms with E-state index < -0.39 is 8.07 Å². The molecule has 0 heterocycles.